The van der Waals surface area contributed by atoms with Gasteiger partial charge in [0.1, 0.15) is 5.75 Å². The van der Waals surface area contributed by atoms with Crippen molar-refractivity contribution < 1.29 is 14.3 Å². The summed E-state index contributed by atoms with van der Waals surface area (Å²) < 4.78 is 10.4. The van der Waals surface area contributed by atoms with Crippen LogP contribution in [0.1, 0.15) is 42.5 Å². The van der Waals surface area contributed by atoms with Crippen LogP contribution in [0.5, 0.6) is 5.75 Å². The predicted octanol–water partition coefficient (Wildman–Crippen LogP) is 4.10. The number of hydrogen-bond acceptors (Lipinski definition) is 4. The van der Waals surface area contributed by atoms with Crippen molar-refractivity contribution in [1.29, 1.82) is 0 Å². The maximum absolute atomic E-state index is 11.4. The van der Waals surface area contributed by atoms with Gasteiger partial charge in [0.05, 0.1) is 24.3 Å². The van der Waals surface area contributed by atoms with Gasteiger partial charge in [-0.3, -0.25) is 0 Å². The molecule has 1 N–H and O–H groups in total. The van der Waals surface area contributed by atoms with Crippen LogP contribution in [0.15, 0.2) is 18.2 Å². The molecule has 23 heavy (non-hydrogen) atoms. The first-order valence-electron chi connectivity index (χ1n) is 7.92. The average molecular weight is 362 g/mol. The Labute approximate surface area is 149 Å². The van der Waals surface area contributed by atoms with Crippen molar-refractivity contribution in [3.8, 4) is 5.75 Å². The van der Waals surface area contributed by atoms with E-state index < -0.39 is 5.97 Å². The zero-order chi connectivity index (χ0) is 15.8. The Bertz CT molecular complexity index is 491. The highest BCUT2D eigenvalue weighted by Crippen LogP contribution is 2.24. The van der Waals surface area contributed by atoms with E-state index in [9.17, 15) is 4.79 Å². The number of ether oxygens (including phenoxy) is 2. The van der Waals surface area contributed by atoms with Crippen molar-refractivity contribution in [1.82, 2.24) is 5.32 Å². The molecule has 0 spiro atoms. The van der Waals surface area contributed by atoms with Crippen LogP contribution in [0.25, 0.3) is 0 Å². The van der Waals surface area contributed by atoms with Gasteiger partial charge in [-0.1, -0.05) is 18.0 Å². The fourth-order valence-corrected chi connectivity index (χ4v) is 3.00. The number of carbonyl (C=O) groups excluding carboxylic acids is 1. The van der Waals surface area contributed by atoms with Crippen LogP contribution in [0.4, 0.5) is 0 Å². The molecule has 1 aromatic rings. The van der Waals surface area contributed by atoms with Crippen LogP contribution in [0.2, 0.25) is 5.02 Å². The molecular weight excluding hydrogens is 337 g/mol. The Morgan fingerprint density at radius 2 is 2.04 bits per heavy atom. The third-order valence-corrected chi connectivity index (χ3v) is 4.39. The van der Waals surface area contributed by atoms with Crippen molar-refractivity contribution >= 4 is 30.0 Å². The fraction of sp³-hybridized carbons (Fsp3) is 0.588. The molecule has 1 aliphatic rings. The molecule has 0 bridgehead atoms. The van der Waals surface area contributed by atoms with Crippen LogP contribution in [0, 0.1) is 5.92 Å². The molecular formula is C17H25Cl2NO3. The van der Waals surface area contributed by atoms with E-state index in [2.05, 4.69) is 10.1 Å². The molecule has 1 saturated heterocycles. The van der Waals surface area contributed by atoms with Gasteiger partial charge in [-0.15, -0.1) is 12.4 Å². The lowest BCUT2D eigenvalue weighted by atomic mass is 9.93. The number of piperidine rings is 1. The molecule has 4 nitrogen and oxygen atoms in total. The van der Waals surface area contributed by atoms with E-state index in [0.717, 1.165) is 25.4 Å². The molecule has 2 rings (SSSR count). The quantitative estimate of drug-likeness (QED) is 0.586. The lowest BCUT2D eigenvalue weighted by Gasteiger charge is -2.22. The lowest BCUT2D eigenvalue weighted by molar-refractivity contribution is 0.0601. The summed E-state index contributed by atoms with van der Waals surface area (Å²) in [5, 5.41) is 3.75. The second-order valence-corrected chi connectivity index (χ2v) is 6.08. The largest absolute Gasteiger partial charge is 0.494 e. The number of unbranched alkanes of at least 4 members (excludes halogenated alkanes) is 1. The van der Waals surface area contributed by atoms with E-state index in [4.69, 9.17) is 16.3 Å². The number of methoxy groups -OCH3 is 1. The smallest absolute Gasteiger partial charge is 0.339 e. The van der Waals surface area contributed by atoms with E-state index in [1.54, 1.807) is 18.2 Å². The topological polar surface area (TPSA) is 47.6 Å². The molecule has 0 atom stereocenters. The van der Waals surface area contributed by atoms with Gasteiger partial charge in [-0.25, -0.2) is 4.79 Å². The standard InChI is InChI=1S/C17H24ClNO3.ClH/c1-21-17(20)15-6-5-14(12-16(15)18)22-11-3-2-4-13-7-9-19-10-8-13;/h5-6,12-13,19H,2-4,7-11H2,1H3;1H. The Kier molecular flexibility index (Phi) is 9.37. The van der Waals surface area contributed by atoms with E-state index in [-0.39, 0.29) is 12.4 Å². The highest BCUT2D eigenvalue weighted by atomic mass is 35.5. The number of rotatable bonds is 7. The molecule has 0 amide bonds. The van der Waals surface area contributed by atoms with Crippen molar-refractivity contribution in [2.45, 2.75) is 32.1 Å². The summed E-state index contributed by atoms with van der Waals surface area (Å²) >= 11 is 6.06. The summed E-state index contributed by atoms with van der Waals surface area (Å²) in [7, 11) is 1.34. The maximum atomic E-state index is 11.4. The van der Waals surface area contributed by atoms with Gasteiger partial charge in [0.15, 0.2) is 0 Å². The van der Waals surface area contributed by atoms with Crippen molar-refractivity contribution in [2.75, 3.05) is 26.8 Å². The van der Waals surface area contributed by atoms with Gasteiger partial charge in [0.2, 0.25) is 0 Å². The fourth-order valence-electron chi connectivity index (χ4n) is 2.76. The molecule has 0 unspecified atom stereocenters. The summed E-state index contributed by atoms with van der Waals surface area (Å²) in [6.07, 6.45) is 6.11. The second-order valence-electron chi connectivity index (χ2n) is 5.67. The summed E-state index contributed by atoms with van der Waals surface area (Å²) in [5.41, 5.74) is 0.363. The van der Waals surface area contributed by atoms with Gasteiger partial charge in [0.25, 0.3) is 0 Å². The highest BCUT2D eigenvalue weighted by molar-refractivity contribution is 6.33. The molecule has 0 aromatic heterocycles. The van der Waals surface area contributed by atoms with Crippen LogP contribution < -0.4 is 10.1 Å². The van der Waals surface area contributed by atoms with E-state index in [1.165, 1.54) is 32.8 Å². The lowest BCUT2D eigenvalue weighted by Crippen LogP contribution is -2.27. The third-order valence-electron chi connectivity index (χ3n) is 4.08. The first-order valence-corrected chi connectivity index (χ1v) is 8.30. The number of carbonyl (C=O) groups is 1. The van der Waals surface area contributed by atoms with E-state index >= 15 is 0 Å². The second kappa shape index (κ2) is 10.7. The minimum absolute atomic E-state index is 0. The zero-order valence-corrected chi connectivity index (χ0v) is 15.0. The molecule has 0 aliphatic carbocycles. The van der Waals surface area contributed by atoms with Gasteiger partial charge in [-0.2, -0.15) is 0 Å². The zero-order valence-electron chi connectivity index (χ0n) is 13.5. The molecule has 1 aromatic carbocycles. The average Bonchev–Trinajstić information content (AvgIpc) is 2.55. The molecule has 1 heterocycles. The SMILES string of the molecule is COC(=O)c1ccc(OCCCCC2CCNCC2)cc1Cl.Cl. The monoisotopic (exact) mass is 361 g/mol. The predicted molar refractivity (Wildman–Crippen MR) is 95.0 cm³/mol. The third kappa shape index (κ3) is 6.58. The van der Waals surface area contributed by atoms with Gasteiger partial charge in [-0.05, 0) is 62.9 Å². The van der Waals surface area contributed by atoms with E-state index in [1.807, 2.05) is 0 Å². The van der Waals surface area contributed by atoms with Crippen LogP contribution in [-0.4, -0.2) is 32.8 Å². The molecule has 0 saturated carbocycles. The van der Waals surface area contributed by atoms with Crippen molar-refractivity contribution in [2.24, 2.45) is 5.92 Å². The summed E-state index contributed by atoms with van der Waals surface area (Å²) in [4.78, 5) is 11.4. The minimum Gasteiger partial charge on any atom is -0.494 e. The first kappa shape index (κ1) is 20.1. The van der Waals surface area contributed by atoms with Crippen molar-refractivity contribution in [3.63, 3.8) is 0 Å². The number of nitrogens with one attached hydrogen (secondary N) is 1. The van der Waals surface area contributed by atoms with Gasteiger partial charge < -0.3 is 14.8 Å². The highest BCUT2D eigenvalue weighted by Gasteiger charge is 2.13. The molecule has 1 fully saturated rings. The summed E-state index contributed by atoms with van der Waals surface area (Å²) in [6, 6.07) is 5.06. The van der Waals surface area contributed by atoms with E-state index in [0.29, 0.717) is 22.9 Å². The Morgan fingerprint density at radius 3 is 2.70 bits per heavy atom. The summed E-state index contributed by atoms with van der Waals surface area (Å²) in [6.45, 7) is 3.00. The molecule has 0 radical (unpaired) electrons. The number of hydrogen-bond donors (Lipinski definition) is 1. The van der Waals surface area contributed by atoms with Gasteiger partial charge in [0, 0.05) is 0 Å². The van der Waals surface area contributed by atoms with Crippen LogP contribution in [-0.2, 0) is 4.74 Å². The Hall–Kier alpha value is -0.970. The molecule has 1 aliphatic heterocycles. The Balaban J connectivity index is 0.00000264. The summed E-state index contributed by atoms with van der Waals surface area (Å²) in [5.74, 6) is 1.13. The molecule has 130 valence electrons. The number of esters is 1. The van der Waals surface area contributed by atoms with Crippen LogP contribution in [0.3, 0.4) is 0 Å². The maximum Gasteiger partial charge on any atom is 0.339 e. The van der Waals surface area contributed by atoms with Crippen molar-refractivity contribution in [3.05, 3.63) is 28.8 Å². The first-order chi connectivity index (χ1) is 10.7. The number of halogens is 2. The van der Waals surface area contributed by atoms with Gasteiger partial charge >= 0.3 is 5.97 Å². The number of benzene rings is 1. The molecule has 6 heteroatoms. The minimum atomic E-state index is -0.432. The normalized spacial score (nSPS) is 14.9. The Morgan fingerprint density at radius 1 is 1.30 bits per heavy atom. The van der Waals surface area contributed by atoms with Crippen LogP contribution >= 0.6 is 24.0 Å².